The van der Waals surface area contributed by atoms with E-state index in [-0.39, 0.29) is 11.9 Å². The molecule has 1 aromatic heterocycles. The van der Waals surface area contributed by atoms with Gasteiger partial charge < -0.3 is 10.4 Å². The van der Waals surface area contributed by atoms with Gasteiger partial charge in [0.25, 0.3) is 5.91 Å². The van der Waals surface area contributed by atoms with Gasteiger partial charge in [0.15, 0.2) is 0 Å². The van der Waals surface area contributed by atoms with Crippen LogP contribution in [0.2, 0.25) is 0 Å². The van der Waals surface area contributed by atoms with Crippen molar-refractivity contribution in [3.05, 3.63) is 17.5 Å². The predicted octanol–water partition coefficient (Wildman–Crippen LogP) is 1.75. The summed E-state index contributed by atoms with van der Waals surface area (Å²) in [5, 5.41) is 16.7. The quantitative estimate of drug-likeness (QED) is 0.885. The fraction of sp³-hybridized carbons (Fsp3) is 0.667. The van der Waals surface area contributed by atoms with Crippen molar-refractivity contribution in [2.24, 2.45) is 12.5 Å². The van der Waals surface area contributed by atoms with Crippen LogP contribution in [0.3, 0.4) is 0 Å². The van der Waals surface area contributed by atoms with Crippen molar-refractivity contribution < 1.29 is 14.7 Å². The molecule has 6 heteroatoms. The van der Waals surface area contributed by atoms with Crippen molar-refractivity contribution >= 4 is 11.9 Å². The highest BCUT2D eigenvalue weighted by atomic mass is 16.4. The number of hydrogen-bond acceptors (Lipinski definition) is 3. The summed E-state index contributed by atoms with van der Waals surface area (Å²) in [6.07, 6.45) is 5.50. The third kappa shape index (κ3) is 2.94. The van der Waals surface area contributed by atoms with Gasteiger partial charge in [-0.05, 0) is 26.2 Å². The summed E-state index contributed by atoms with van der Waals surface area (Å²) >= 11 is 0. The van der Waals surface area contributed by atoms with Crippen LogP contribution in [0.5, 0.6) is 0 Å². The summed E-state index contributed by atoms with van der Waals surface area (Å²) in [6.45, 7) is 3.67. The number of aryl methyl sites for hydroxylation is 2. The van der Waals surface area contributed by atoms with E-state index in [1.54, 1.807) is 24.9 Å². The zero-order valence-electron chi connectivity index (χ0n) is 12.8. The molecule has 2 rings (SSSR count). The van der Waals surface area contributed by atoms with Crippen LogP contribution in [0.15, 0.2) is 6.20 Å². The summed E-state index contributed by atoms with van der Waals surface area (Å²) in [4.78, 5) is 24.0. The van der Waals surface area contributed by atoms with E-state index >= 15 is 0 Å². The molecule has 2 unspecified atom stereocenters. The molecule has 2 N–H and O–H groups in total. The Kier molecular flexibility index (Phi) is 4.34. The lowest BCUT2D eigenvalue weighted by Crippen LogP contribution is -2.52. The molecule has 1 aromatic rings. The average molecular weight is 293 g/mol. The molecule has 2 atom stereocenters. The first-order valence-electron chi connectivity index (χ1n) is 7.45. The van der Waals surface area contributed by atoms with E-state index in [9.17, 15) is 14.7 Å². The van der Waals surface area contributed by atoms with E-state index in [0.29, 0.717) is 24.8 Å². The van der Waals surface area contributed by atoms with Gasteiger partial charge in [0.05, 0.1) is 16.7 Å². The molecule has 116 valence electrons. The molecule has 21 heavy (non-hydrogen) atoms. The molecule has 0 aromatic carbocycles. The lowest BCUT2D eigenvalue weighted by atomic mass is 9.71. The molecule has 0 spiro atoms. The Bertz CT molecular complexity index is 552. The van der Waals surface area contributed by atoms with Crippen molar-refractivity contribution in [1.82, 2.24) is 15.1 Å². The monoisotopic (exact) mass is 293 g/mol. The first-order valence-corrected chi connectivity index (χ1v) is 7.45. The molecule has 6 nitrogen and oxygen atoms in total. The van der Waals surface area contributed by atoms with E-state index in [1.807, 2.05) is 6.92 Å². The molecule has 0 saturated heterocycles. The maximum absolute atomic E-state index is 12.5. The normalized spacial score (nSPS) is 25.6. The Balaban J connectivity index is 2.19. The maximum Gasteiger partial charge on any atom is 0.311 e. The van der Waals surface area contributed by atoms with Crippen molar-refractivity contribution in [1.29, 1.82) is 0 Å². The topological polar surface area (TPSA) is 84.2 Å². The highest BCUT2D eigenvalue weighted by Crippen LogP contribution is 2.36. The van der Waals surface area contributed by atoms with E-state index in [1.165, 1.54) is 0 Å². The van der Waals surface area contributed by atoms with Crippen LogP contribution < -0.4 is 5.32 Å². The Morgan fingerprint density at radius 1 is 1.52 bits per heavy atom. The predicted molar refractivity (Wildman–Crippen MR) is 78.1 cm³/mol. The number of aliphatic carboxylic acids is 1. The molecule has 1 aliphatic rings. The SMILES string of the molecule is CCc1nn(C)cc1C(=O)NC1CCCCC1(C)C(=O)O. The molecule has 0 bridgehead atoms. The van der Waals surface area contributed by atoms with Gasteiger partial charge in [-0.25, -0.2) is 0 Å². The molecule has 0 radical (unpaired) electrons. The van der Waals surface area contributed by atoms with E-state index in [4.69, 9.17) is 0 Å². The fourth-order valence-corrected chi connectivity index (χ4v) is 3.04. The highest BCUT2D eigenvalue weighted by molar-refractivity contribution is 5.95. The van der Waals surface area contributed by atoms with Crippen molar-refractivity contribution in [3.8, 4) is 0 Å². The number of nitrogens with one attached hydrogen (secondary N) is 1. The third-order valence-electron chi connectivity index (χ3n) is 4.49. The van der Waals surface area contributed by atoms with Crippen molar-refractivity contribution in [2.45, 2.75) is 52.0 Å². The van der Waals surface area contributed by atoms with Gasteiger partial charge in [-0.3, -0.25) is 14.3 Å². The van der Waals surface area contributed by atoms with Crippen LogP contribution in [-0.2, 0) is 18.3 Å². The Hall–Kier alpha value is -1.85. The van der Waals surface area contributed by atoms with Crippen LogP contribution >= 0.6 is 0 Å². The minimum atomic E-state index is -0.886. The van der Waals surface area contributed by atoms with Gasteiger partial charge in [-0.15, -0.1) is 0 Å². The number of rotatable bonds is 4. The summed E-state index contributed by atoms with van der Waals surface area (Å²) in [5.41, 5.74) is 0.392. The standard InChI is InChI=1S/C15H23N3O3/c1-4-11-10(9-18(3)17-11)13(19)16-12-7-5-6-8-15(12,2)14(20)21/h9,12H,4-8H2,1-3H3,(H,16,19)(H,20,21). The van der Waals surface area contributed by atoms with Crippen molar-refractivity contribution in [2.75, 3.05) is 0 Å². The van der Waals surface area contributed by atoms with E-state index in [0.717, 1.165) is 18.5 Å². The number of aromatic nitrogens is 2. The number of carbonyl (C=O) groups is 2. The van der Waals surface area contributed by atoms with E-state index in [2.05, 4.69) is 10.4 Å². The van der Waals surface area contributed by atoms with Gasteiger partial charge in [0.1, 0.15) is 0 Å². The minimum Gasteiger partial charge on any atom is -0.481 e. The van der Waals surface area contributed by atoms with Crippen molar-refractivity contribution in [3.63, 3.8) is 0 Å². The summed E-state index contributed by atoms with van der Waals surface area (Å²) in [6, 6.07) is -0.332. The maximum atomic E-state index is 12.5. The first-order chi connectivity index (χ1) is 9.88. The van der Waals surface area contributed by atoms with Crippen LogP contribution in [0.1, 0.15) is 55.6 Å². The second-order valence-electron chi connectivity index (χ2n) is 6.01. The second-order valence-corrected chi connectivity index (χ2v) is 6.01. The third-order valence-corrected chi connectivity index (χ3v) is 4.49. The highest BCUT2D eigenvalue weighted by Gasteiger charge is 2.44. The summed E-state index contributed by atoms with van der Waals surface area (Å²) in [7, 11) is 1.78. The lowest BCUT2D eigenvalue weighted by Gasteiger charge is -2.38. The minimum absolute atomic E-state index is 0.223. The number of carbonyl (C=O) groups excluding carboxylic acids is 1. The van der Waals surface area contributed by atoms with Crippen LogP contribution in [0.4, 0.5) is 0 Å². The van der Waals surface area contributed by atoms with Crippen LogP contribution in [0, 0.1) is 5.41 Å². The zero-order chi connectivity index (χ0) is 15.6. The lowest BCUT2D eigenvalue weighted by molar-refractivity contribution is -0.151. The molecule has 1 aliphatic carbocycles. The van der Waals surface area contributed by atoms with Crippen LogP contribution in [0.25, 0.3) is 0 Å². The molecule has 1 saturated carbocycles. The van der Waals surface area contributed by atoms with Gasteiger partial charge in [-0.1, -0.05) is 19.8 Å². The molecule has 1 amide bonds. The van der Waals surface area contributed by atoms with Gasteiger partial charge in [-0.2, -0.15) is 5.10 Å². The average Bonchev–Trinajstić information content (AvgIpc) is 2.82. The molecule has 1 fully saturated rings. The molecular weight excluding hydrogens is 270 g/mol. The van der Waals surface area contributed by atoms with Gasteiger partial charge in [0, 0.05) is 19.3 Å². The number of nitrogens with zero attached hydrogens (tertiary/aromatic N) is 2. The number of carboxylic acid groups (broad SMARTS) is 1. The second kappa shape index (κ2) is 5.87. The zero-order valence-corrected chi connectivity index (χ0v) is 12.8. The summed E-state index contributed by atoms with van der Waals surface area (Å²) in [5.74, 6) is -1.06. The largest absolute Gasteiger partial charge is 0.481 e. The molecule has 1 heterocycles. The first kappa shape index (κ1) is 15.5. The Labute approximate surface area is 124 Å². The molecular formula is C15H23N3O3. The number of carboxylic acids is 1. The van der Waals surface area contributed by atoms with Gasteiger partial charge in [0.2, 0.25) is 0 Å². The fourth-order valence-electron chi connectivity index (χ4n) is 3.04. The Morgan fingerprint density at radius 2 is 2.24 bits per heavy atom. The Morgan fingerprint density at radius 3 is 2.86 bits per heavy atom. The van der Waals surface area contributed by atoms with E-state index < -0.39 is 11.4 Å². The number of hydrogen-bond donors (Lipinski definition) is 2. The van der Waals surface area contributed by atoms with Crippen LogP contribution in [-0.4, -0.2) is 32.8 Å². The van der Waals surface area contributed by atoms with Gasteiger partial charge >= 0.3 is 5.97 Å². The molecule has 0 aliphatic heterocycles. The smallest absolute Gasteiger partial charge is 0.311 e. The summed E-state index contributed by atoms with van der Waals surface area (Å²) < 4.78 is 1.62. The number of amides is 1.